The summed E-state index contributed by atoms with van der Waals surface area (Å²) in [5.74, 6) is -0.0552. The van der Waals surface area contributed by atoms with Crippen LogP contribution in [0.1, 0.15) is 51.9 Å². The second-order valence-electron chi connectivity index (χ2n) is 11.1. The minimum atomic E-state index is -0.553. The molecule has 1 amide bonds. The van der Waals surface area contributed by atoms with Crippen molar-refractivity contribution in [3.05, 3.63) is 138 Å². The van der Waals surface area contributed by atoms with Crippen LogP contribution in [0.5, 0.6) is 0 Å². The van der Waals surface area contributed by atoms with Crippen molar-refractivity contribution in [3.8, 4) is 11.1 Å². The van der Waals surface area contributed by atoms with Gasteiger partial charge in [0, 0.05) is 43.5 Å². The Labute approximate surface area is 253 Å². The van der Waals surface area contributed by atoms with E-state index < -0.39 is 6.29 Å². The van der Waals surface area contributed by atoms with Gasteiger partial charge in [0.15, 0.2) is 6.29 Å². The summed E-state index contributed by atoms with van der Waals surface area (Å²) in [7, 11) is 2.07. The highest BCUT2D eigenvalue weighted by Gasteiger charge is 2.38. The van der Waals surface area contributed by atoms with E-state index in [0.717, 1.165) is 46.5 Å². The number of amides is 1. The van der Waals surface area contributed by atoms with E-state index in [2.05, 4.69) is 60.0 Å². The number of ether oxygens (including phenoxy) is 2. The molecular weight excluding hydrogens is 538 g/mol. The molecule has 3 aromatic carbocycles. The Morgan fingerprint density at radius 3 is 2.47 bits per heavy atom. The highest BCUT2D eigenvalue weighted by Crippen LogP contribution is 2.42. The third-order valence-electron chi connectivity index (χ3n) is 7.85. The molecule has 1 aliphatic heterocycles. The number of aromatic nitrogens is 1. The third kappa shape index (κ3) is 7.63. The van der Waals surface area contributed by atoms with Gasteiger partial charge in [-0.2, -0.15) is 0 Å². The molecule has 222 valence electrons. The Morgan fingerprint density at radius 1 is 0.977 bits per heavy atom. The zero-order chi connectivity index (χ0) is 30.2. The van der Waals surface area contributed by atoms with Gasteiger partial charge >= 0.3 is 0 Å². The van der Waals surface area contributed by atoms with Crippen molar-refractivity contribution in [2.45, 2.75) is 38.6 Å². The number of nitrogens with one attached hydrogen (secondary N) is 1. The first-order valence-electron chi connectivity index (χ1n) is 14.6. The van der Waals surface area contributed by atoms with E-state index in [4.69, 9.17) is 9.47 Å². The standard InChI is InChI=1S/C36H39N3O4/c1-4-18-39(3)23-33-25(2)34(28-15-13-26(24-40)14-16-28)43-36(42-33)31-11-6-10-30(20-31)29-9-5-8-27(19-29)21-38-35(41)32-12-7-17-37-22-32/h4-17,19-20,22,25,33-34,36,40H,1,18,21,23-24H2,2-3H3,(H,38,41)/t25-,33+,34+,36+/m0/s1. The van der Waals surface area contributed by atoms with Crippen molar-refractivity contribution in [3.63, 3.8) is 0 Å². The Kier molecular flexibility index (Phi) is 10.1. The minimum absolute atomic E-state index is 0.00688. The molecule has 0 radical (unpaired) electrons. The third-order valence-corrected chi connectivity index (χ3v) is 7.85. The molecule has 1 aromatic heterocycles. The first-order valence-corrected chi connectivity index (χ1v) is 14.6. The Balaban J connectivity index is 1.36. The molecule has 7 heteroatoms. The van der Waals surface area contributed by atoms with E-state index in [9.17, 15) is 9.90 Å². The second kappa shape index (κ2) is 14.4. The van der Waals surface area contributed by atoms with Crippen molar-refractivity contribution >= 4 is 5.91 Å². The molecule has 0 aliphatic carbocycles. The number of nitrogens with zero attached hydrogens (tertiary/aromatic N) is 2. The molecule has 0 saturated carbocycles. The molecule has 4 atom stereocenters. The average Bonchev–Trinajstić information content (AvgIpc) is 3.05. The summed E-state index contributed by atoms with van der Waals surface area (Å²) in [6, 6.07) is 27.9. The van der Waals surface area contributed by atoms with Crippen molar-refractivity contribution in [1.82, 2.24) is 15.2 Å². The van der Waals surface area contributed by atoms with E-state index in [1.54, 1.807) is 24.5 Å². The van der Waals surface area contributed by atoms with Crippen molar-refractivity contribution in [1.29, 1.82) is 0 Å². The number of benzene rings is 3. The Morgan fingerprint density at radius 2 is 1.74 bits per heavy atom. The molecule has 0 spiro atoms. The molecule has 2 heterocycles. The van der Waals surface area contributed by atoms with Crippen LogP contribution in [-0.2, 0) is 22.6 Å². The summed E-state index contributed by atoms with van der Waals surface area (Å²) >= 11 is 0. The summed E-state index contributed by atoms with van der Waals surface area (Å²) < 4.78 is 13.3. The van der Waals surface area contributed by atoms with Gasteiger partial charge in [0.25, 0.3) is 5.91 Å². The second-order valence-corrected chi connectivity index (χ2v) is 11.1. The van der Waals surface area contributed by atoms with Gasteiger partial charge < -0.3 is 24.8 Å². The minimum Gasteiger partial charge on any atom is -0.392 e. The fraction of sp³-hybridized carbons (Fsp3) is 0.278. The highest BCUT2D eigenvalue weighted by atomic mass is 16.7. The molecule has 43 heavy (non-hydrogen) atoms. The van der Waals surface area contributed by atoms with E-state index in [0.29, 0.717) is 12.1 Å². The van der Waals surface area contributed by atoms with Gasteiger partial charge in [-0.05, 0) is 59.1 Å². The Bertz CT molecular complexity index is 1510. The van der Waals surface area contributed by atoms with Crippen LogP contribution in [0.3, 0.4) is 0 Å². The quantitative estimate of drug-likeness (QED) is 0.210. The maximum Gasteiger partial charge on any atom is 0.253 e. The largest absolute Gasteiger partial charge is 0.392 e. The molecule has 4 aromatic rings. The number of likely N-dealkylation sites (N-methyl/N-ethyl adjacent to an activating group) is 1. The lowest BCUT2D eigenvalue weighted by molar-refractivity contribution is -0.275. The zero-order valence-electron chi connectivity index (χ0n) is 24.7. The van der Waals surface area contributed by atoms with Gasteiger partial charge in [-0.3, -0.25) is 9.78 Å². The van der Waals surface area contributed by atoms with Gasteiger partial charge in [0.05, 0.1) is 24.4 Å². The molecular formula is C36H39N3O4. The molecule has 5 rings (SSSR count). The summed E-state index contributed by atoms with van der Waals surface area (Å²) in [6.45, 7) is 7.97. The average molecular weight is 578 g/mol. The first kappa shape index (κ1) is 30.3. The molecule has 1 saturated heterocycles. The summed E-state index contributed by atoms with van der Waals surface area (Å²) in [5, 5.41) is 12.5. The fourth-order valence-corrected chi connectivity index (χ4v) is 5.44. The van der Waals surface area contributed by atoms with Crippen LogP contribution in [0.4, 0.5) is 0 Å². The predicted octanol–water partition coefficient (Wildman–Crippen LogP) is 6.08. The van der Waals surface area contributed by atoms with Crippen molar-refractivity contribution in [2.75, 3.05) is 20.1 Å². The number of pyridine rings is 1. The molecule has 1 aliphatic rings. The number of carbonyl (C=O) groups is 1. The lowest BCUT2D eigenvalue weighted by Crippen LogP contribution is -2.43. The van der Waals surface area contributed by atoms with Crippen LogP contribution in [0, 0.1) is 5.92 Å². The van der Waals surface area contributed by atoms with Gasteiger partial charge in [-0.25, -0.2) is 0 Å². The van der Waals surface area contributed by atoms with Gasteiger partial charge in [0.1, 0.15) is 0 Å². The van der Waals surface area contributed by atoms with E-state index >= 15 is 0 Å². The lowest BCUT2D eigenvalue weighted by Gasteiger charge is -2.42. The number of rotatable bonds is 11. The highest BCUT2D eigenvalue weighted by molar-refractivity contribution is 5.93. The van der Waals surface area contributed by atoms with Crippen LogP contribution >= 0.6 is 0 Å². The molecule has 0 unspecified atom stereocenters. The predicted molar refractivity (Wildman–Crippen MR) is 168 cm³/mol. The molecule has 2 N–H and O–H groups in total. The van der Waals surface area contributed by atoms with Crippen LogP contribution in [0.25, 0.3) is 11.1 Å². The van der Waals surface area contributed by atoms with E-state index in [1.807, 2.05) is 54.6 Å². The smallest absolute Gasteiger partial charge is 0.253 e. The lowest BCUT2D eigenvalue weighted by atomic mass is 9.90. The normalized spacial score (nSPS) is 20.1. The van der Waals surface area contributed by atoms with Gasteiger partial charge in [-0.1, -0.05) is 73.7 Å². The van der Waals surface area contributed by atoms with E-state index in [1.165, 1.54) is 0 Å². The topological polar surface area (TPSA) is 83.9 Å². The molecule has 0 bridgehead atoms. The van der Waals surface area contributed by atoms with Crippen LogP contribution in [0.15, 0.2) is 110 Å². The van der Waals surface area contributed by atoms with Crippen LogP contribution in [-0.4, -0.2) is 47.1 Å². The number of aliphatic hydroxyl groups is 1. The van der Waals surface area contributed by atoms with Gasteiger partial charge in [-0.15, -0.1) is 6.58 Å². The van der Waals surface area contributed by atoms with Crippen molar-refractivity contribution in [2.24, 2.45) is 5.92 Å². The van der Waals surface area contributed by atoms with E-state index in [-0.39, 0.29) is 30.6 Å². The van der Waals surface area contributed by atoms with Crippen molar-refractivity contribution < 1.29 is 19.4 Å². The number of aliphatic hydroxyl groups excluding tert-OH is 1. The first-order chi connectivity index (χ1) is 20.9. The molecule has 7 nitrogen and oxygen atoms in total. The maximum absolute atomic E-state index is 12.5. The zero-order valence-corrected chi connectivity index (χ0v) is 24.7. The SMILES string of the molecule is C=CCN(C)C[C@H]1O[C@@H](c2cccc(-c3cccc(CNC(=O)c4cccnc4)c3)c2)O[C@@H](c2ccc(CO)cc2)[C@H]1C. The number of hydrogen-bond donors (Lipinski definition) is 2. The van der Waals surface area contributed by atoms with Crippen LogP contribution < -0.4 is 5.32 Å². The van der Waals surface area contributed by atoms with Gasteiger partial charge in [0.2, 0.25) is 0 Å². The fourth-order valence-electron chi connectivity index (χ4n) is 5.44. The maximum atomic E-state index is 12.5. The van der Waals surface area contributed by atoms with Crippen LogP contribution in [0.2, 0.25) is 0 Å². The summed E-state index contributed by atoms with van der Waals surface area (Å²) in [5.41, 5.74) is 6.47. The molecule has 1 fully saturated rings. The Hall–Kier alpha value is -4.14. The monoisotopic (exact) mass is 577 g/mol. The number of hydrogen-bond acceptors (Lipinski definition) is 6. The summed E-state index contributed by atoms with van der Waals surface area (Å²) in [6.07, 6.45) is 4.31. The number of carbonyl (C=O) groups excluding carboxylic acids is 1. The summed E-state index contributed by atoms with van der Waals surface area (Å²) in [4.78, 5) is 18.7.